The van der Waals surface area contributed by atoms with Crippen molar-refractivity contribution in [1.29, 1.82) is 0 Å². The molecule has 3 rings (SSSR count). The maximum Gasteiger partial charge on any atom is 0.127 e. The third kappa shape index (κ3) is 1.48. The van der Waals surface area contributed by atoms with E-state index in [0.717, 1.165) is 59.6 Å². The fourth-order valence-corrected chi connectivity index (χ4v) is 3.11. The van der Waals surface area contributed by atoms with Crippen LogP contribution in [0.5, 0.6) is 11.5 Å². The van der Waals surface area contributed by atoms with Crippen molar-refractivity contribution in [2.75, 3.05) is 0 Å². The van der Waals surface area contributed by atoms with Crippen molar-refractivity contribution < 1.29 is 10.2 Å². The average Bonchev–Trinajstić information content (AvgIpc) is 2.44. The molecule has 0 radical (unpaired) electrons. The van der Waals surface area contributed by atoms with Gasteiger partial charge in [0.2, 0.25) is 0 Å². The van der Waals surface area contributed by atoms with Crippen LogP contribution in [0.25, 0.3) is 10.8 Å². The zero-order chi connectivity index (χ0) is 12.7. The normalized spacial score (nSPS) is 14.7. The zero-order valence-electron chi connectivity index (χ0n) is 10.7. The summed E-state index contributed by atoms with van der Waals surface area (Å²) in [6.45, 7) is 2.07. The van der Waals surface area contributed by atoms with Crippen LogP contribution in [-0.2, 0) is 19.3 Å². The standard InChI is InChI=1S/C16H18O2/c1-2-10-6-5-9-13-14(10)16(18)12-8-4-3-7-11(12)15(13)17/h5-6,9,17-18H,2-4,7-8H2,1H3. The van der Waals surface area contributed by atoms with E-state index in [1.54, 1.807) is 0 Å². The number of aromatic hydroxyl groups is 2. The molecule has 0 amide bonds. The largest absolute Gasteiger partial charge is 0.507 e. The van der Waals surface area contributed by atoms with Crippen molar-refractivity contribution in [1.82, 2.24) is 0 Å². The number of fused-ring (bicyclic) bond motifs is 2. The molecule has 0 aromatic heterocycles. The smallest absolute Gasteiger partial charge is 0.127 e. The number of aryl methyl sites for hydroxylation is 1. The summed E-state index contributed by atoms with van der Waals surface area (Å²) in [5, 5.41) is 22.6. The van der Waals surface area contributed by atoms with Gasteiger partial charge in [-0.1, -0.05) is 25.1 Å². The molecule has 0 heterocycles. The molecule has 0 saturated heterocycles. The molecule has 0 bridgehead atoms. The van der Waals surface area contributed by atoms with Gasteiger partial charge in [-0.2, -0.15) is 0 Å². The molecule has 2 aromatic carbocycles. The van der Waals surface area contributed by atoms with Gasteiger partial charge in [-0.05, 0) is 37.7 Å². The zero-order valence-corrected chi connectivity index (χ0v) is 10.7. The minimum Gasteiger partial charge on any atom is -0.507 e. The molecule has 1 aliphatic rings. The highest BCUT2D eigenvalue weighted by atomic mass is 16.3. The first-order valence-electron chi connectivity index (χ1n) is 6.71. The van der Waals surface area contributed by atoms with Crippen LogP contribution >= 0.6 is 0 Å². The number of benzene rings is 2. The summed E-state index contributed by atoms with van der Waals surface area (Å²) >= 11 is 0. The molecule has 0 saturated carbocycles. The Morgan fingerprint density at radius 1 is 1.00 bits per heavy atom. The maximum atomic E-state index is 10.5. The van der Waals surface area contributed by atoms with Gasteiger partial charge in [0.15, 0.2) is 0 Å². The molecule has 94 valence electrons. The number of hydrogen-bond donors (Lipinski definition) is 2. The summed E-state index contributed by atoms with van der Waals surface area (Å²) in [4.78, 5) is 0. The Balaban J connectivity index is 2.44. The summed E-state index contributed by atoms with van der Waals surface area (Å²) in [6.07, 6.45) is 4.81. The lowest BCUT2D eigenvalue weighted by atomic mass is 9.86. The Morgan fingerprint density at radius 2 is 1.67 bits per heavy atom. The molecule has 0 atom stereocenters. The lowest BCUT2D eigenvalue weighted by Gasteiger charge is -2.21. The van der Waals surface area contributed by atoms with Gasteiger partial charge in [-0.3, -0.25) is 0 Å². The minimum atomic E-state index is 0.382. The van der Waals surface area contributed by atoms with Gasteiger partial charge in [0.1, 0.15) is 11.5 Å². The van der Waals surface area contributed by atoms with Crippen molar-refractivity contribution in [3.05, 3.63) is 34.9 Å². The van der Waals surface area contributed by atoms with Crippen molar-refractivity contribution >= 4 is 10.8 Å². The van der Waals surface area contributed by atoms with Crippen LogP contribution in [0.3, 0.4) is 0 Å². The Hall–Kier alpha value is -1.70. The van der Waals surface area contributed by atoms with Gasteiger partial charge in [0, 0.05) is 21.9 Å². The van der Waals surface area contributed by atoms with Crippen LogP contribution in [0, 0.1) is 0 Å². The lowest BCUT2D eigenvalue weighted by molar-refractivity contribution is 0.448. The van der Waals surface area contributed by atoms with E-state index in [2.05, 4.69) is 6.92 Å². The fourth-order valence-electron chi connectivity index (χ4n) is 3.11. The van der Waals surface area contributed by atoms with Gasteiger partial charge < -0.3 is 10.2 Å². The molecule has 2 N–H and O–H groups in total. The van der Waals surface area contributed by atoms with E-state index in [1.165, 1.54) is 0 Å². The molecule has 0 spiro atoms. The Kier molecular flexibility index (Phi) is 2.66. The van der Waals surface area contributed by atoms with Gasteiger partial charge in [-0.25, -0.2) is 0 Å². The van der Waals surface area contributed by atoms with E-state index in [1.807, 2.05) is 18.2 Å². The highest BCUT2D eigenvalue weighted by Gasteiger charge is 2.22. The van der Waals surface area contributed by atoms with E-state index < -0.39 is 0 Å². The maximum absolute atomic E-state index is 10.5. The summed E-state index contributed by atoms with van der Waals surface area (Å²) < 4.78 is 0. The second-order valence-electron chi connectivity index (χ2n) is 5.05. The topological polar surface area (TPSA) is 40.5 Å². The summed E-state index contributed by atoms with van der Waals surface area (Å²) in [5.74, 6) is 0.780. The van der Waals surface area contributed by atoms with Gasteiger partial charge in [-0.15, -0.1) is 0 Å². The SMILES string of the molecule is CCc1cccc2c(O)c3c(c(O)c12)CCCC3. The van der Waals surface area contributed by atoms with Crippen molar-refractivity contribution in [2.45, 2.75) is 39.0 Å². The van der Waals surface area contributed by atoms with Crippen LogP contribution in [0.2, 0.25) is 0 Å². The molecule has 2 heteroatoms. The van der Waals surface area contributed by atoms with Crippen molar-refractivity contribution in [3.8, 4) is 11.5 Å². The number of hydrogen-bond acceptors (Lipinski definition) is 2. The Morgan fingerprint density at radius 3 is 2.33 bits per heavy atom. The first-order chi connectivity index (χ1) is 8.74. The molecule has 2 nitrogen and oxygen atoms in total. The highest BCUT2D eigenvalue weighted by molar-refractivity contribution is 5.98. The monoisotopic (exact) mass is 242 g/mol. The second-order valence-corrected chi connectivity index (χ2v) is 5.05. The highest BCUT2D eigenvalue weighted by Crippen LogP contribution is 2.44. The van der Waals surface area contributed by atoms with Crippen LogP contribution < -0.4 is 0 Å². The Labute approximate surface area is 107 Å². The van der Waals surface area contributed by atoms with Crippen molar-refractivity contribution in [3.63, 3.8) is 0 Å². The number of rotatable bonds is 1. The summed E-state index contributed by atoms with van der Waals surface area (Å²) in [7, 11) is 0. The molecule has 18 heavy (non-hydrogen) atoms. The molecule has 0 fully saturated rings. The first kappa shape index (κ1) is 11.4. The number of phenolic OH excluding ortho intramolecular Hbond substituents is 2. The summed E-state index contributed by atoms with van der Waals surface area (Å²) in [6, 6.07) is 5.88. The van der Waals surface area contributed by atoms with E-state index in [0.29, 0.717) is 11.5 Å². The van der Waals surface area contributed by atoms with Crippen molar-refractivity contribution in [2.24, 2.45) is 0 Å². The molecular formula is C16H18O2. The first-order valence-corrected chi connectivity index (χ1v) is 6.71. The summed E-state index contributed by atoms with van der Waals surface area (Å²) in [5.41, 5.74) is 3.03. The van der Waals surface area contributed by atoms with Gasteiger partial charge in [0.25, 0.3) is 0 Å². The molecule has 1 aliphatic carbocycles. The van der Waals surface area contributed by atoms with Crippen LogP contribution in [-0.4, -0.2) is 10.2 Å². The van der Waals surface area contributed by atoms with E-state index in [4.69, 9.17) is 0 Å². The van der Waals surface area contributed by atoms with Crippen LogP contribution in [0.4, 0.5) is 0 Å². The quantitative estimate of drug-likeness (QED) is 0.749. The van der Waals surface area contributed by atoms with Gasteiger partial charge >= 0.3 is 0 Å². The molecule has 0 unspecified atom stereocenters. The predicted molar refractivity (Wildman–Crippen MR) is 73.3 cm³/mol. The molecule has 2 aromatic rings. The predicted octanol–water partition coefficient (Wildman–Crippen LogP) is 3.69. The van der Waals surface area contributed by atoms with Crippen LogP contribution in [0.15, 0.2) is 18.2 Å². The third-order valence-corrected chi connectivity index (χ3v) is 4.06. The molecule has 0 aliphatic heterocycles. The number of phenols is 2. The fraction of sp³-hybridized carbons (Fsp3) is 0.375. The lowest BCUT2D eigenvalue weighted by Crippen LogP contribution is -2.04. The van der Waals surface area contributed by atoms with E-state index >= 15 is 0 Å². The molecular weight excluding hydrogens is 224 g/mol. The van der Waals surface area contributed by atoms with Gasteiger partial charge in [0.05, 0.1) is 0 Å². The third-order valence-electron chi connectivity index (χ3n) is 4.06. The average molecular weight is 242 g/mol. The van der Waals surface area contributed by atoms with E-state index in [9.17, 15) is 10.2 Å². The minimum absolute atomic E-state index is 0.382. The second kappa shape index (κ2) is 4.20. The van der Waals surface area contributed by atoms with E-state index in [-0.39, 0.29) is 0 Å². The Bertz CT molecular complexity index is 614. The van der Waals surface area contributed by atoms with Crippen LogP contribution in [0.1, 0.15) is 36.5 Å².